The number of nitrogens with one attached hydrogen (secondary N) is 1. The van der Waals surface area contributed by atoms with Crippen molar-refractivity contribution in [3.05, 3.63) is 52.0 Å². The second-order valence-electron chi connectivity index (χ2n) is 4.78. The van der Waals surface area contributed by atoms with E-state index in [0.29, 0.717) is 5.69 Å². The molecule has 0 aliphatic heterocycles. The molecule has 0 aliphatic rings. The van der Waals surface area contributed by atoms with E-state index >= 15 is 0 Å². The maximum atomic E-state index is 12.1. The van der Waals surface area contributed by atoms with E-state index in [1.165, 1.54) is 5.56 Å². The van der Waals surface area contributed by atoms with Gasteiger partial charge in [0.05, 0.1) is 5.01 Å². The second-order valence-corrected chi connectivity index (χ2v) is 5.72. The van der Waals surface area contributed by atoms with Gasteiger partial charge in [0.2, 0.25) is 0 Å². The Hall–Kier alpha value is -1.68. The number of benzene rings is 1. The lowest BCUT2D eigenvalue weighted by atomic mass is 10.1. The highest BCUT2D eigenvalue weighted by Crippen LogP contribution is 2.15. The molecule has 0 atom stereocenters. The normalized spacial score (nSPS) is 10.8. The molecule has 0 aliphatic carbocycles. The number of carbonyl (C=O) groups excluding carboxylic acids is 1. The van der Waals surface area contributed by atoms with Crippen molar-refractivity contribution in [1.82, 2.24) is 10.3 Å². The first-order valence-electron chi connectivity index (χ1n) is 7.02. The molecule has 1 heterocycles. The molecule has 0 bridgehead atoms. The van der Waals surface area contributed by atoms with Gasteiger partial charge in [-0.25, -0.2) is 4.98 Å². The summed E-state index contributed by atoms with van der Waals surface area (Å²) < 4.78 is 0. The van der Waals surface area contributed by atoms with E-state index in [1.54, 1.807) is 11.3 Å². The zero-order valence-electron chi connectivity index (χ0n) is 11.9. The predicted molar refractivity (Wildman–Crippen MR) is 83.2 cm³/mol. The number of nitrogens with zero attached hydrogens (tertiary/aromatic N) is 1. The van der Waals surface area contributed by atoms with Crippen LogP contribution in [0.25, 0.3) is 0 Å². The molecule has 4 heteroatoms. The highest BCUT2D eigenvalue weighted by Gasteiger charge is 2.14. The Bertz CT molecular complexity index is 547. The van der Waals surface area contributed by atoms with Gasteiger partial charge < -0.3 is 5.32 Å². The fourth-order valence-corrected chi connectivity index (χ4v) is 2.83. The SMILES string of the molecule is CCC(CC)NC(=O)c1csc(Cc2ccccc2)n1. The Kier molecular flexibility index (Phi) is 5.30. The number of rotatable bonds is 6. The Morgan fingerprint density at radius 3 is 2.60 bits per heavy atom. The topological polar surface area (TPSA) is 42.0 Å². The van der Waals surface area contributed by atoms with Crippen LogP contribution in [0.4, 0.5) is 0 Å². The van der Waals surface area contributed by atoms with Crippen LogP contribution in [0, 0.1) is 0 Å². The van der Waals surface area contributed by atoms with Crippen LogP contribution in [0.2, 0.25) is 0 Å². The molecule has 1 amide bonds. The van der Waals surface area contributed by atoms with E-state index in [4.69, 9.17) is 0 Å². The van der Waals surface area contributed by atoms with E-state index in [2.05, 4.69) is 36.3 Å². The average molecular weight is 288 g/mol. The van der Waals surface area contributed by atoms with Crippen LogP contribution < -0.4 is 5.32 Å². The minimum absolute atomic E-state index is 0.0609. The Morgan fingerprint density at radius 1 is 1.25 bits per heavy atom. The molecule has 2 rings (SSSR count). The van der Waals surface area contributed by atoms with E-state index in [-0.39, 0.29) is 11.9 Å². The van der Waals surface area contributed by atoms with Crippen molar-refractivity contribution >= 4 is 17.2 Å². The molecule has 1 aromatic heterocycles. The third-order valence-corrected chi connectivity index (χ3v) is 4.15. The molecule has 0 fully saturated rings. The Labute approximate surface area is 124 Å². The summed E-state index contributed by atoms with van der Waals surface area (Å²) in [6.45, 7) is 4.16. The molecule has 3 nitrogen and oxygen atoms in total. The molecule has 0 saturated carbocycles. The minimum Gasteiger partial charge on any atom is -0.348 e. The van der Waals surface area contributed by atoms with Crippen LogP contribution in [-0.4, -0.2) is 16.9 Å². The van der Waals surface area contributed by atoms with Crippen molar-refractivity contribution in [2.24, 2.45) is 0 Å². The highest BCUT2D eigenvalue weighted by molar-refractivity contribution is 7.09. The number of hydrogen-bond donors (Lipinski definition) is 1. The lowest BCUT2D eigenvalue weighted by Gasteiger charge is -2.13. The number of aromatic nitrogens is 1. The van der Waals surface area contributed by atoms with Crippen LogP contribution in [0.15, 0.2) is 35.7 Å². The maximum absolute atomic E-state index is 12.1. The Balaban J connectivity index is 2.00. The summed E-state index contributed by atoms with van der Waals surface area (Å²) in [5.41, 5.74) is 1.75. The number of thiazole rings is 1. The summed E-state index contributed by atoms with van der Waals surface area (Å²) >= 11 is 1.54. The number of hydrogen-bond acceptors (Lipinski definition) is 3. The molecule has 0 radical (unpaired) electrons. The summed E-state index contributed by atoms with van der Waals surface area (Å²) in [5, 5.41) is 5.84. The van der Waals surface area contributed by atoms with Crippen LogP contribution in [0.3, 0.4) is 0 Å². The monoisotopic (exact) mass is 288 g/mol. The fraction of sp³-hybridized carbons (Fsp3) is 0.375. The largest absolute Gasteiger partial charge is 0.348 e. The zero-order valence-corrected chi connectivity index (χ0v) is 12.7. The smallest absolute Gasteiger partial charge is 0.270 e. The molecular formula is C16H20N2OS. The molecule has 1 aromatic carbocycles. The third kappa shape index (κ3) is 3.90. The summed E-state index contributed by atoms with van der Waals surface area (Å²) in [5.74, 6) is -0.0609. The van der Waals surface area contributed by atoms with Crippen molar-refractivity contribution in [1.29, 1.82) is 0 Å². The fourth-order valence-electron chi connectivity index (χ4n) is 2.02. The summed E-state index contributed by atoms with van der Waals surface area (Å²) in [6.07, 6.45) is 2.68. The Morgan fingerprint density at radius 2 is 1.95 bits per heavy atom. The molecule has 2 aromatic rings. The van der Waals surface area contributed by atoms with Crippen molar-refractivity contribution in [2.75, 3.05) is 0 Å². The average Bonchev–Trinajstić information content (AvgIpc) is 2.94. The molecule has 106 valence electrons. The highest BCUT2D eigenvalue weighted by atomic mass is 32.1. The molecule has 0 saturated heterocycles. The summed E-state index contributed by atoms with van der Waals surface area (Å²) in [6, 6.07) is 10.4. The van der Waals surface area contributed by atoms with Crippen LogP contribution in [-0.2, 0) is 6.42 Å². The van der Waals surface area contributed by atoms with Crippen LogP contribution in [0.1, 0.15) is 47.7 Å². The molecule has 0 unspecified atom stereocenters. The maximum Gasteiger partial charge on any atom is 0.270 e. The van der Waals surface area contributed by atoms with Crippen LogP contribution >= 0.6 is 11.3 Å². The predicted octanol–water partition coefficient (Wildman–Crippen LogP) is 3.65. The van der Waals surface area contributed by atoms with E-state index in [0.717, 1.165) is 24.3 Å². The van der Waals surface area contributed by atoms with Gasteiger partial charge in [-0.2, -0.15) is 0 Å². The van der Waals surface area contributed by atoms with Crippen molar-refractivity contribution in [3.63, 3.8) is 0 Å². The first kappa shape index (κ1) is 14.7. The van der Waals surface area contributed by atoms with Gasteiger partial charge in [-0.15, -0.1) is 11.3 Å². The van der Waals surface area contributed by atoms with Crippen LogP contribution in [0.5, 0.6) is 0 Å². The van der Waals surface area contributed by atoms with Gasteiger partial charge in [-0.05, 0) is 18.4 Å². The van der Waals surface area contributed by atoms with E-state index < -0.39 is 0 Å². The number of amides is 1. The molecule has 1 N–H and O–H groups in total. The first-order valence-corrected chi connectivity index (χ1v) is 7.90. The summed E-state index contributed by atoms with van der Waals surface area (Å²) in [7, 11) is 0. The van der Waals surface area contributed by atoms with Crippen molar-refractivity contribution in [3.8, 4) is 0 Å². The van der Waals surface area contributed by atoms with E-state index in [1.807, 2.05) is 23.6 Å². The number of carbonyl (C=O) groups is 1. The van der Waals surface area contributed by atoms with E-state index in [9.17, 15) is 4.79 Å². The van der Waals surface area contributed by atoms with Crippen molar-refractivity contribution in [2.45, 2.75) is 39.2 Å². The lowest BCUT2D eigenvalue weighted by Crippen LogP contribution is -2.34. The van der Waals surface area contributed by atoms with Crippen molar-refractivity contribution < 1.29 is 4.79 Å². The van der Waals surface area contributed by atoms with Gasteiger partial charge in [-0.1, -0.05) is 44.2 Å². The van der Waals surface area contributed by atoms with Gasteiger partial charge in [0.1, 0.15) is 5.69 Å². The zero-order chi connectivity index (χ0) is 14.4. The summed E-state index contributed by atoms with van der Waals surface area (Å²) in [4.78, 5) is 16.5. The first-order chi connectivity index (χ1) is 9.72. The van der Waals surface area contributed by atoms with Gasteiger partial charge in [0, 0.05) is 17.8 Å². The molecule has 20 heavy (non-hydrogen) atoms. The second kappa shape index (κ2) is 7.20. The lowest BCUT2D eigenvalue weighted by molar-refractivity contribution is 0.0930. The van der Waals surface area contributed by atoms with Gasteiger partial charge in [0.15, 0.2) is 0 Å². The molecular weight excluding hydrogens is 268 g/mol. The minimum atomic E-state index is -0.0609. The van der Waals surface area contributed by atoms with Gasteiger partial charge in [-0.3, -0.25) is 4.79 Å². The van der Waals surface area contributed by atoms with Gasteiger partial charge >= 0.3 is 0 Å². The third-order valence-electron chi connectivity index (χ3n) is 3.30. The standard InChI is InChI=1S/C16H20N2OS/c1-3-13(4-2)17-16(19)14-11-20-15(18-14)10-12-8-6-5-7-9-12/h5-9,11,13H,3-4,10H2,1-2H3,(H,17,19). The van der Waals surface area contributed by atoms with Gasteiger partial charge in [0.25, 0.3) is 5.91 Å². The molecule has 0 spiro atoms. The quantitative estimate of drug-likeness (QED) is 0.881.